The smallest absolute Gasteiger partial charge is 0.243 e. The Kier molecular flexibility index (Phi) is 4.39. The van der Waals surface area contributed by atoms with Crippen molar-refractivity contribution in [1.29, 1.82) is 5.26 Å². The molecule has 0 aliphatic carbocycles. The molecule has 0 atom stereocenters. The monoisotopic (exact) mass is 165 g/mol. The lowest BCUT2D eigenvalue weighted by molar-refractivity contribution is 0.0921. The second-order valence-electron chi connectivity index (χ2n) is 1.80. The maximum Gasteiger partial charge on any atom is 0.243 e. The van der Waals surface area contributed by atoms with Gasteiger partial charge in [0.25, 0.3) is 0 Å². The van der Waals surface area contributed by atoms with Crippen LogP contribution in [-0.2, 0) is 0 Å². The fourth-order valence-electron chi connectivity index (χ4n) is 0.553. The summed E-state index contributed by atoms with van der Waals surface area (Å²) in [5, 5.41) is 11.9. The predicted octanol–water partition coefficient (Wildman–Crippen LogP) is 1.44. The Balaban J connectivity index is 0.000000561. The third kappa shape index (κ3) is 2.54. The summed E-state index contributed by atoms with van der Waals surface area (Å²) >= 11 is 0. The number of hydrogen-bond acceptors (Lipinski definition) is 3. The number of nitrogens with zero attached hydrogens (tertiary/aromatic N) is 3. The van der Waals surface area contributed by atoms with Gasteiger partial charge in [-0.15, -0.1) is 0 Å². The summed E-state index contributed by atoms with van der Waals surface area (Å²) in [5.74, 6) is -0.193. The molecule has 0 fully saturated rings. The van der Waals surface area contributed by atoms with Gasteiger partial charge >= 0.3 is 0 Å². The number of hydrogen-bond donors (Lipinski definition) is 0. The molecule has 0 aliphatic heterocycles. The molecule has 0 amide bonds. The number of carbonyl (C=O) groups excluding carboxylic acids is 1. The normalized spacial score (nSPS) is 7.83. The second kappa shape index (κ2) is 5.08. The first kappa shape index (κ1) is 10.4. The lowest BCUT2D eigenvalue weighted by Crippen LogP contribution is -2.04. The van der Waals surface area contributed by atoms with Gasteiger partial charge in [0.05, 0.1) is 18.0 Å². The van der Waals surface area contributed by atoms with Gasteiger partial charge in [-0.25, -0.2) is 4.68 Å². The highest BCUT2D eigenvalue weighted by molar-refractivity contribution is 5.75. The minimum absolute atomic E-state index is 0.193. The van der Waals surface area contributed by atoms with E-state index >= 15 is 0 Å². The first-order chi connectivity index (χ1) is 5.74. The standard InChI is InChI=1S/C6H5N3O.C2H6/c1-5(10)9-4-6(2-7)3-8-9;1-2/h3-4H,1H3;1-2H3. The summed E-state index contributed by atoms with van der Waals surface area (Å²) in [6.07, 6.45) is 2.74. The maximum absolute atomic E-state index is 10.6. The van der Waals surface area contributed by atoms with Crippen molar-refractivity contribution < 1.29 is 4.79 Å². The van der Waals surface area contributed by atoms with Gasteiger partial charge in [-0.05, 0) is 0 Å². The molecule has 1 heterocycles. The zero-order chi connectivity index (χ0) is 9.56. The van der Waals surface area contributed by atoms with Gasteiger partial charge in [-0.3, -0.25) is 4.79 Å². The Morgan fingerprint density at radius 2 is 2.25 bits per heavy atom. The highest BCUT2D eigenvalue weighted by Gasteiger charge is 1.98. The maximum atomic E-state index is 10.6. The van der Waals surface area contributed by atoms with E-state index in [1.165, 1.54) is 19.3 Å². The minimum atomic E-state index is -0.193. The van der Waals surface area contributed by atoms with Crippen molar-refractivity contribution in [2.75, 3.05) is 0 Å². The van der Waals surface area contributed by atoms with E-state index in [4.69, 9.17) is 5.26 Å². The average Bonchev–Trinajstić information content (AvgIpc) is 2.55. The van der Waals surface area contributed by atoms with E-state index < -0.39 is 0 Å². The van der Waals surface area contributed by atoms with E-state index in [1.807, 2.05) is 19.9 Å². The number of aromatic nitrogens is 2. The fourth-order valence-corrected chi connectivity index (χ4v) is 0.553. The zero-order valence-electron chi connectivity index (χ0n) is 7.40. The van der Waals surface area contributed by atoms with Gasteiger partial charge < -0.3 is 0 Å². The number of nitriles is 1. The van der Waals surface area contributed by atoms with Gasteiger partial charge in [0.2, 0.25) is 5.91 Å². The van der Waals surface area contributed by atoms with E-state index in [-0.39, 0.29) is 5.91 Å². The van der Waals surface area contributed by atoms with Crippen molar-refractivity contribution in [3.63, 3.8) is 0 Å². The van der Waals surface area contributed by atoms with Gasteiger partial charge in [0.1, 0.15) is 6.07 Å². The van der Waals surface area contributed by atoms with E-state index in [0.29, 0.717) is 5.56 Å². The van der Waals surface area contributed by atoms with Gasteiger partial charge in [-0.1, -0.05) is 13.8 Å². The quantitative estimate of drug-likeness (QED) is 0.584. The van der Waals surface area contributed by atoms with Crippen LogP contribution in [0, 0.1) is 11.3 Å². The molecular weight excluding hydrogens is 154 g/mol. The molecule has 12 heavy (non-hydrogen) atoms. The Labute approximate surface area is 71.4 Å². The lowest BCUT2D eigenvalue weighted by Gasteiger charge is -1.87. The van der Waals surface area contributed by atoms with Gasteiger partial charge in [0, 0.05) is 6.92 Å². The molecule has 0 unspecified atom stereocenters. The molecule has 1 aromatic rings. The van der Waals surface area contributed by atoms with Crippen LogP contribution < -0.4 is 0 Å². The molecule has 4 heteroatoms. The van der Waals surface area contributed by atoms with E-state index in [0.717, 1.165) is 4.68 Å². The van der Waals surface area contributed by atoms with E-state index in [1.54, 1.807) is 0 Å². The van der Waals surface area contributed by atoms with Crippen molar-refractivity contribution in [2.45, 2.75) is 20.8 Å². The molecule has 0 aliphatic rings. The Morgan fingerprint density at radius 1 is 1.67 bits per heavy atom. The Hall–Kier alpha value is -1.63. The zero-order valence-corrected chi connectivity index (χ0v) is 7.40. The summed E-state index contributed by atoms with van der Waals surface area (Å²) in [6, 6.07) is 1.87. The largest absolute Gasteiger partial charge is 0.273 e. The van der Waals surface area contributed by atoms with Crippen LogP contribution >= 0.6 is 0 Å². The summed E-state index contributed by atoms with van der Waals surface area (Å²) < 4.78 is 1.12. The first-order valence-corrected chi connectivity index (χ1v) is 3.70. The van der Waals surface area contributed by atoms with Crippen LogP contribution in [-0.4, -0.2) is 15.7 Å². The molecule has 1 aromatic heterocycles. The lowest BCUT2D eigenvalue weighted by atomic mass is 10.4. The predicted molar refractivity (Wildman–Crippen MR) is 44.6 cm³/mol. The highest BCUT2D eigenvalue weighted by atomic mass is 16.2. The van der Waals surface area contributed by atoms with Crippen LogP contribution in [0.5, 0.6) is 0 Å². The molecule has 0 aromatic carbocycles. The van der Waals surface area contributed by atoms with E-state index in [9.17, 15) is 4.79 Å². The van der Waals surface area contributed by atoms with Crippen LogP contribution in [0.4, 0.5) is 0 Å². The number of rotatable bonds is 0. The van der Waals surface area contributed by atoms with Crippen LogP contribution in [0.25, 0.3) is 0 Å². The summed E-state index contributed by atoms with van der Waals surface area (Å²) in [5.41, 5.74) is 0.398. The van der Waals surface area contributed by atoms with Crippen LogP contribution in [0.1, 0.15) is 31.1 Å². The molecule has 0 radical (unpaired) electrons. The summed E-state index contributed by atoms with van der Waals surface area (Å²) in [7, 11) is 0. The third-order valence-corrected chi connectivity index (χ3v) is 1.03. The molecular formula is C8H11N3O. The average molecular weight is 165 g/mol. The minimum Gasteiger partial charge on any atom is -0.273 e. The molecule has 0 bridgehead atoms. The van der Waals surface area contributed by atoms with Crippen LogP contribution in [0.2, 0.25) is 0 Å². The van der Waals surface area contributed by atoms with Crippen molar-refractivity contribution in [1.82, 2.24) is 9.78 Å². The molecule has 1 rings (SSSR count). The van der Waals surface area contributed by atoms with E-state index in [2.05, 4.69) is 5.10 Å². The first-order valence-electron chi connectivity index (χ1n) is 3.70. The molecule has 0 saturated carbocycles. The van der Waals surface area contributed by atoms with Crippen molar-refractivity contribution >= 4 is 5.91 Å². The Morgan fingerprint density at radius 3 is 2.50 bits per heavy atom. The molecule has 64 valence electrons. The SMILES string of the molecule is CC.CC(=O)n1cc(C#N)cn1. The Bertz CT molecular complexity index is 295. The van der Waals surface area contributed by atoms with Crippen LogP contribution in [0.3, 0.4) is 0 Å². The van der Waals surface area contributed by atoms with Crippen molar-refractivity contribution in [3.8, 4) is 6.07 Å². The van der Waals surface area contributed by atoms with Crippen molar-refractivity contribution in [2.24, 2.45) is 0 Å². The molecule has 4 nitrogen and oxygen atoms in total. The molecule has 0 saturated heterocycles. The van der Waals surface area contributed by atoms with Crippen LogP contribution in [0.15, 0.2) is 12.4 Å². The molecule has 0 N–H and O–H groups in total. The fraction of sp³-hybridized carbons (Fsp3) is 0.375. The highest BCUT2D eigenvalue weighted by Crippen LogP contribution is 1.93. The summed E-state index contributed by atoms with van der Waals surface area (Å²) in [6.45, 7) is 5.38. The van der Waals surface area contributed by atoms with Crippen molar-refractivity contribution in [3.05, 3.63) is 18.0 Å². The molecule has 0 spiro atoms. The summed E-state index contributed by atoms with van der Waals surface area (Å²) in [4.78, 5) is 10.6. The second-order valence-corrected chi connectivity index (χ2v) is 1.80. The van der Waals surface area contributed by atoms with Gasteiger partial charge in [-0.2, -0.15) is 10.4 Å². The van der Waals surface area contributed by atoms with Gasteiger partial charge in [0.15, 0.2) is 0 Å². The topological polar surface area (TPSA) is 58.7 Å². The number of carbonyl (C=O) groups is 1. The third-order valence-electron chi connectivity index (χ3n) is 1.03.